The zero-order valence-electron chi connectivity index (χ0n) is 17.9. The zero-order valence-corrected chi connectivity index (χ0v) is 17.9. The molecular weight excluding hydrogens is 396 g/mol. The Morgan fingerprint density at radius 3 is 2.45 bits per heavy atom. The number of nitrogens with one attached hydrogen (secondary N) is 2. The summed E-state index contributed by atoms with van der Waals surface area (Å²) < 4.78 is 0. The zero-order chi connectivity index (χ0) is 22.0. The van der Waals surface area contributed by atoms with Crippen LogP contribution in [0.25, 0.3) is 0 Å². The lowest BCUT2D eigenvalue weighted by molar-refractivity contribution is -0.141. The molecule has 1 aromatic heterocycles. The van der Waals surface area contributed by atoms with Gasteiger partial charge < -0.3 is 15.1 Å². The molecule has 0 bridgehead atoms. The highest BCUT2D eigenvalue weighted by molar-refractivity contribution is 5.94. The van der Waals surface area contributed by atoms with Crippen molar-refractivity contribution in [3.05, 3.63) is 47.5 Å². The smallest absolute Gasteiger partial charge is 0.251 e. The molecule has 2 saturated heterocycles. The average Bonchev–Trinajstić information content (AvgIpc) is 3.40. The molecule has 164 valence electrons. The predicted molar refractivity (Wildman–Crippen MR) is 113 cm³/mol. The minimum atomic E-state index is -0.288. The number of nitrogens with zero attached hydrogens (tertiary/aromatic N) is 4. The second-order valence-electron chi connectivity index (χ2n) is 8.34. The topological polar surface area (TPSA) is 111 Å². The van der Waals surface area contributed by atoms with Gasteiger partial charge in [-0.2, -0.15) is 5.10 Å². The Kier molecular flexibility index (Phi) is 6.01. The highest BCUT2D eigenvalue weighted by atomic mass is 16.2. The minimum Gasteiger partial charge on any atom is -0.347 e. The van der Waals surface area contributed by atoms with Gasteiger partial charge in [0.15, 0.2) is 5.82 Å². The number of hydrogen-bond donors (Lipinski definition) is 2. The van der Waals surface area contributed by atoms with E-state index in [4.69, 9.17) is 0 Å². The first-order valence-electron chi connectivity index (χ1n) is 10.7. The number of carbonyl (C=O) groups excluding carboxylic acids is 3. The van der Waals surface area contributed by atoms with Crippen molar-refractivity contribution in [3.8, 4) is 0 Å². The average molecular weight is 425 g/mol. The third-order valence-corrected chi connectivity index (χ3v) is 6.16. The summed E-state index contributed by atoms with van der Waals surface area (Å²) in [6.07, 6.45) is 1.86. The van der Waals surface area contributed by atoms with Crippen molar-refractivity contribution >= 4 is 17.7 Å². The van der Waals surface area contributed by atoms with Crippen molar-refractivity contribution in [2.45, 2.75) is 45.2 Å². The first-order chi connectivity index (χ1) is 14.9. The summed E-state index contributed by atoms with van der Waals surface area (Å²) in [5.74, 6) is 1.07. The van der Waals surface area contributed by atoms with E-state index in [0.29, 0.717) is 56.1 Å². The molecule has 1 aromatic carbocycles. The summed E-state index contributed by atoms with van der Waals surface area (Å²) in [4.78, 5) is 45.7. The number of amides is 3. The van der Waals surface area contributed by atoms with Gasteiger partial charge in [0.25, 0.3) is 5.91 Å². The number of aromatic nitrogens is 3. The van der Waals surface area contributed by atoms with Crippen LogP contribution in [-0.2, 0) is 9.59 Å². The van der Waals surface area contributed by atoms with Crippen LogP contribution in [0, 0.1) is 12.8 Å². The van der Waals surface area contributed by atoms with Crippen molar-refractivity contribution in [2.75, 3.05) is 19.6 Å². The molecule has 3 heterocycles. The van der Waals surface area contributed by atoms with Gasteiger partial charge in [-0.25, -0.2) is 4.98 Å². The van der Waals surface area contributed by atoms with Crippen LogP contribution in [0.1, 0.15) is 54.2 Å². The SMILES string of the molecule is CC(=O)N1CCC(C(=O)N2CC(NC(=O)c3ccccc3)CC2c2n[nH]c(C)n2)CC1. The Balaban J connectivity index is 1.48. The Hall–Kier alpha value is -3.23. The van der Waals surface area contributed by atoms with Crippen molar-refractivity contribution < 1.29 is 14.4 Å². The number of rotatable bonds is 4. The van der Waals surface area contributed by atoms with Crippen molar-refractivity contribution in [3.63, 3.8) is 0 Å². The molecular formula is C22H28N6O3. The van der Waals surface area contributed by atoms with E-state index in [9.17, 15) is 14.4 Å². The van der Waals surface area contributed by atoms with Crippen LogP contribution < -0.4 is 5.32 Å². The molecule has 2 fully saturated rings. The summed E-state index contributed by atoms with van der Waals surface area (Å²) in [6, 6.07) is 8.59. The fraction of sp³-hybridized carbons (Fsp3) is 0.500. The number of hydrogen-bond acceptors (Lipinski definition) is 5. The summed E-state index contributed by atoms with van der Waals surface area (Å²) in [6.45, 7) is 4.99. The normalized spacial score (nSPS) is 21.9. The second kappa shape index (κ2) is 8.87. The van der Waals surface area contributed by atoms with Crippen LogP contribution in [0.4, 0.5) is 0 Å². The number of carbonyl (C=O) groups is 3. The van der Waals surface area contributed by atoms with Crippen molar-refractivity contribution in [1.29, 1.82) is 0 Å². The molecule has 4 rings (SSSR count). The lowest BCUT2D eigenvalue weighted by Gasteiger charge is -2.34. The monoisotopic (exact) mass is 424 g/mol. The maximum Gasteiger partial charge on any atom is 0.251 e. The third kappa shape index (κ3) is 4.60. The van der Waals surface area contributed by atoms with Gasteiger partial charge in [0.2, 0.25) is 11.8 Å². The molecule has 9 nitrogen and oxygen atoms in total. The van der Waals surface area contributed by atoms with Crippen LogP contribution >= 0.6 is 0 Å². The molecule has 9 heteroatoms. The number of aryl methyl sites for hydroxylation is 1. The molecule has 0 saturated carbocycles. The highest BCUT2D eigenvalue weighted by Gasteiger charge is 2.41. The first kappa shape index (κ1) is 21.0. The number of piperidine rings is 1. The van der Waals surface area contributed by atoms with Crippen molar-refractivity contribution in [2.24, 2.45) is 5.92 Å². The van der Waals surface area contributed by atoms with E-state index < -0.39 is 0 Å². The molecule has 2 aliphatic rings. The van der Waals surface area contributed by atoms with E-state index in [1.807, 2.05) is 30.0 Å². The minimum absolute atomic E-state index is 0.0461. The van der Waals surface area contributed by atoms with E-state index in [-0.39, 0.29) is 35.7 Å². The van der Waals surface area contributed by atoms with Gasteiger partial charge in [0.05, 0.1) is 6.04 Å². The molecule has 2 aliphatic heterocycles. The van der Waals surface area contributed by atoms with E-state index in [0.717, 1.165) is 0 Å². The Morgan fingerprint density at radius 1 is 1.13 bits per heavy atom. The van der Waals surface area contributed by atoms with E-state index in [2.05, 4.69) is 20.5 Å². The van der Waals surface area contributed by atoms with Crippen LogP contribution in [0.3, 0.4) is 0 Å². The molecule has 0 aliphatic carbocycles. The summed E-state index contributed by atoms with van der Waals surface area (Å²) in [5.41, 5.74) is 0.592. The van der Waals surface area contributed by atoms with E-state index in [1.54, 1.807) is 24.0 Å². The fourth-order valence-corrected chi connectivity index (χ4v) is 4.47. The maximum atomic E-state index is 13.4. The molecule has 31 heavy (non-hydrogen) atoms. The van der Waals surface area contributed by atoms with E-state index >= 15 is 0 Å². The largest absolute Gasteiger partial charge is 0.347 e. The standard InChI is InChI=1S/C22H28N6O3/c1-14-23-20(26-25-14)19-12-18(24-21(30)16-6-4-3-5-7-16)13-28(19)22(31)17-8-10-27(11-9-17)15(2)29/h3-7,17-19H,8-13H2,1-2H3,(H,24,30)(H,23,25,26). The first-order valence-corrected chi connectivity index (χ1v) is 10.7. The Bertz CT molecular complexity index is 951. The lowest BCUT2D eigenvalue weighted by Crippen LogP contribution is -2.45. The summed E-state index contributed by atoms with van der Waals surface area (Å²) >= 11 is 0. The molecule has 3 amide bonds. The van der Waals surface area contributed by atoms with Crippen molar-refractivity contribution in [1.82, 2.24) is 30.3 Å². The quantitative estimate of drug-likeness (QED) is 0.772. The van der Waals surface area contributed by atoms with Gasteiger partial charge in [-0.3, -0.25) is 19.5 Å². The number of aromatic amines is 1. The number of H-pyrrole nitrogens is 1. The fourth-order valence-electron chi connectivity index (χ4n) is 4.47. The third-order valence-electron chi connectivity index (χ3n) is 6.16. The Labute approximate surface area is 181 Å². The van der Waals surface area contributed by atoms with Gasteiger partial charge in [0.1, 0.15) is 5.82 Å². The summed E-state index contributed by atoms with van der Waals surface area (Å²) in [5, 5.41) is 10.2. The van der Waals surface area contributed by atoms with Crippen LogP contribution in [0.5, 0.6) is 0 Å². The van der Waals surface area contributed by atoms with Gasteiger partial charge in [-0.05, 0) is 38.3 Å². The molecule has 2 unspecified atom stereocenters. The molecule has 2 N–H and O–H groups in total. The number of benzene rings is 1. The van der Waals surface area contributed by atoms with Gasteiger partial charge in [0, 0.05) is 44.1 Å². The second-order valence-corrected chi connectivity index (χ2v) is 8.34. The van der Waals surface area contributed by atoms with Gasteiger partial charge >= 0.3 is 0 Å². The molecule has 0 spiro atoms. The molecule has 0 radical (unpaired) electrons. The van der Waals surface area contributed by atoms with Crippen LogP contribution in [-0.4, -0.2) is 68.4 Å². The van der Waals surface area contributed by atoms with Crippen LogP contribution in [0.2, 0.25) is 0 Å². The van der Waals surface area contributed by atoms with E-state index in [1.165, 1.54) is 0 Å². The van der Waals surface area contributed by atoms with Crippen LogP contribution in [0.15, 0.2) is 30.3 Å². The molecule has 2 aromatic rings. The summed E-state index contributed by atoms with van der Waals surface area (Å²) in [7, 11) is 0. The van der Waals surface area contributed by atoms with Gasteiger partial charge in [-0.1, -0.05) is 18.2 Å². The molecule has 2 atom stereocenters. The highest BCUT2D eigenvalue weighted by Crippen LogP contribution is 2.33. The maximum absolute atomic E-state index is 13.4. The lowest BCUT2D eigenvalue weighted by atomic mass is 9.95. The van der Waals surface area contributed by atoms with Gasteiger partial charge in [-0.15, -0.1) is 0 Å². The Morgan fingerprint density at radius 2 is 1.84 bits per heavy atom. The predicted octanol–water partition coefficient (Wildman–Crippen LogP) is 1.44. The number of likely N-dealkylation sites (tertiary alicyclic amines) is 2.